The minimum atomic E-state index is -2.13. The number of likely N-dealkylation sites (N-methyl/N-ethyl adjacent to an activating group) is 1. The number of carbonyl (C=O) groups excluding carboxylic acids is 7. The average Bonchev–Trinajstić information content (AvgIpc) is 1.50. The number of aliphatic hydroxyl groups excluding tert-OH is 4. The van der Waals surface area contributed by atoms with Crippen LogP contribution in [0, 0.1) is 46.0 Å². The molecule has 7 N–H and O–H groups in total. The number of nitrogens with zero attached hydrogens (tertiary/aromatic N) is 2. The van der Waals surface area contributed by atoms with Gasteiger partial charge in [-0.25, -0.2) is 9.59 Å². The van der Waals surface area contributed by atoms with Crippen LogP contribution in [0.5, 0.6) is 17.2 Å². The van der Waals surface area contributed by atoms with E-state index in [0.29, 0.717) is 34.8 Å². The number of thioether (sulfide) groups is 1. The predicted octanol–water partition coefficient (Wildman–Crippen LogP) is 4.02. The molecule has 105 heavy (non-hydrogen) atoms. The second-order valence-electron chi connectivity index (χ2n) is 25.6. The first-order valence-corrected chi connectivity index (χ1v) is 40.3. The zero-order valence-corrected chi connectivity index (χ0v) is 65.6. The summed E-state index contributed by atoms with van der Waals surface area (Å²) in [6.07, 6.45) is -12.0. The Bertz CT molecular complexity index is 3540. The number of carbonyl (C=O) groups is 7. The fraction of sp³-hybridized carbons (Fsp3) is 0.662. The number of ketones is 1. The number of thiol groups is 1. The van der Waals surface area contributed by atoms with Crippen molar-refractivity contribution in [1.29, 1.82) is 0 Å². The quantitative estimate of drug-likeness (QED) is 0.00709. The zero-order valence-electron chi connectivity index (χ0n) is 59.2. The minimum Gasteiger partial charge on any atom is -0.492 e. The highest BCUT2D eigenvalue weighted by Crippen LogP contribution is 2.49. The molecule has 31 nitrogen and oxygen atoms in total. The number of rotatable bonds is 27. The van der Waals surface area contributed by atoms with E-state index in [-0.39, 0.29) is 102 Å². The standard InChI is InChI=1S/C68H89IN4O27S5/c1-11-72(67(84)94-31-93-62(81)36-19-17-35(18-20-36)28-73-45(76)26-44(101)61(73)80)39-30-91-46(25-43(39)86-5)98-58-53(78)38(29-92-65(58)97-42-16-14-12-13-15-22-68(85)27-41(75)51(70-66(83)90-9)49(42)37(68)21-23-103-105-102-10)71-100-47-24-40(74)60(34(4)95-47)104-63(82)48-32(2)50(69)56(59(89-8)55(48)87-6)99-64-54(79)57(88-7)52(77)33(3)96-64/h12-13,21,33-36,38-40,42-44,46-47,52-54,57-58,60,64-65,71,74,77-79,85,101H,11,17-20,23-31H2,1-10H3,(H,70,83)/b13-12-,37-21+/t33-,34+,35?,36?,38+,39-,40-,42-,43-,44?,46-,47-,52-,53-,54+,57+,58+,60+,64-,65?,68+/m0/s1. The largest absolute Gasteiger partial charge is 0.492 e. The molecule has 5 aliphatic heterocycles. The van der Waals surface area contributed by atoms with Crippen LogP contribution in [0.4, 0.5) is 9.59 Å². The average molecular weight is 1680 g/mol. The highest BCUT2D eigenvalue weighted by atomic mass is 127. The van der Waals surface area contributed by atoms with E-state index in [4.69, 9.17) is 71.2 Å². The van der Waals surface area contributed by atoms with Gasteiger partial charge in [0.05, 0.1) is 109 Å². The third kappa shape index (κ3) is 19.9. The summed E-state index contributed by atoms with van der Waals surface area (Å²) in [5.74, 6) is 9.36. The number of fused-ring (bicyclic) bond motifs is 2. The highest BCUT2D eigenvalue weighted by molar-refractivity contribution is 14.1. The normalized spacial score (nSPS) is 34.0. The van der Waals surface area contributed by atoms with Gasteiger partial charge in [-0.2, -0.15) is 18.1 Å². The molecular weight excluding hydrogens is 1590 g/mol. The molecule has 3 aliphatic carbocycles. The van der Waals surface area contributed by atoms with Crippen molar-refractivity contribution >= 4 is 119 Å². The highest BCUT2D eigenvalue weighted by Gasteiger charge is 2.52. The Balaban J connectivity index is 0.904. The summed E-state index contributed by atoms with van der Waals surface area (Å²) in [4.78, 5) is 102. The van der Waals surface area contributed by atoms with Crippen LogP contribution in [0.15, 0.2) is 35.1 Å². The number of hydroxylamine groups is 1. The minimum absolute atomic E-state index is 0.00195. The number of aliphatic hydroxyl groups is 5. The smallest absolute Gasteiger partial charge is 0.413 e. The van der Waals surface area contributed by atoms with E-state index in [9.17, 15) is 59.1 Å². The van der Waals surface area contributed by atoms with Crippen molar-refractivity contribution in [3.8, 4) is 40.9 Å². The van der Waals surface area contributed by atoms with Crippen molar-refractivity contribution in [2.24, 2.45) is 11.8 Å². The molecule has 1 saturated carbocycles. The number of allylic oxidation sites excluding steroid dienone is 3. The molecule has 580 valence electrons. The Morgan fingerprint density at radius 3 is 2.26 bits per heavy atom. The molecule has 0 spiro atoms. The van der Waals surface area contributed by atoms with Crippen LogP contribution in [-0.4, -0.2) is 271 Å². The maximum atomic E-state index is 14.5. The third-order valence-corrected chi connectivity index (χ3v) is 25.9. The summed E-state index contributed by atoms with van der Waals surface area (Å²) in [5, 5.41) is 59.0. The summed E-state index contributed by atoms with van der Waals surface area (Å²) < 4.78 is 83.6. The summed E-state index contributed by atoms with van der Waals surface area (Å²) >= 11 is 6.97. The molecule has 19 atom stereocenters. The van der Waals surface area contributed by atoms with Crippen molar-refractivity contribution in [2.45, 2.75) is 193 Å². The van der Waals surface area contributed by atoms with Crippen molar-refractivity contribution < 1.29 is 130 Å². The Kier molecular flexibility index (Phi) is 31.2. The van der Waals surface area contributed by atoms with Gasteiger partial charge in [0.15, 0.2) is 41.8 Å². The first-order chi connectivity index (χ1) is 50.2. The lowest BCUT2D eigenvalue weighted by Crippen LogP contribution is -2.62. The number of likely N-dealkylation sites (tertiary alicyclic amines) is 1. The number of benzene rings is 1. The number of nitrogens with one attached hydrogen (secondary N) is 2. The van der Waals surface area contributed by atoms with Gasteiger partial charge in [-0.3, -0.25) is 39.0 Å². The lowest BCUT2D eigenvalue weighted by Gasteiger charge is -2.45. The van der Waals surface area contributed by atoms with E-state index in [2.05, 4.69) is 47.1 Å². The lowest BCUT2D eigenvalue weighted by molar-refractivity contribution is -0.325. The first-order valence-electron chi connectivity index (χ1n) is 33.8. The number of imide groups is 1. The molecule has 8 aliphatic rings. The van der Waals surface area contributed by atoms with Crippen molar-refractivity contribution in [3.63, 3.8) is 0 Å². The second-order valence-corrected chi connectivity index (χ2v) is 32.8. The molecule has 37 heteroatoms. The summed E-state index contributed by atoms with van der Waals surface area (Å²) in [7, 11) is 10.9. The molecule has 2 bridgehead atoms. The SMILES string of the molecule is CCN(C(=O)OCOC(=O)C1CCC(CN2C(=O)CC(S)C2=O)CC1)[C@H]1CO[C@@H](O[C@H]2C(O[C@H]3C#C/C=C\C#C[C@@]4(O)CC(=O)C(NC(=O)OC)=C3/C4=C\CSSSC)OC[C@@H](NO[C@H]3C[C@H](O)[C@H](SC(=O)c4c(C)c(I)c(O[C@@H]5O[C@@H](C)[C@H](O)[C@@H](OC)[C@H]5O)c(OC)c4OC)[C@@H](C)O3)[C@@H]2O)C[C@@H]1OC. The molecule has 5 heterocycles. The lowest BCUT2D eigenvalue weighted by atomic mass is 9.75. The van der Waals surface area contributed by atoms with E-state index >= 15 is 0 Å². The van der Waals surface area contributed by atoms with E-state index < -0.39 is 169 Å². The van der Waals surface area contributed by atoms with Gasteiger partial charge in [0, 0.05) is 63.5 Å². The van der Waals surface area contributed by atoms with E-state index in [0.717, 1.165) is 18.9 Å². The number of hydrogen-bond donors (Lipinski definition) is 8. The molecular formula is C68H89IN4O27S5. The molecule has 0 aromatic heterocycles. The monoisotopic (exact) mass is 1680 g/mol. The van der Waals surface area contributed by atoms with Crippen molar-refractivity contribution in [2.75, 3.05) is 80.7 Å². The van der Waals surface area contributed by atoms with E-state index in [1.165, 1.54) is 81.8 Å². The molecule has 1 aromatic rings. The van der Waals surface area contributed by atoms with Crippen molar-refractivity contribution in [1.82, 2.24) is 20.6 Å². The maximum Gasteiger partial charge on any atom is 0.413 e. The number of halogens is 1. The van der Waals surface area contributed by atoms with Gasteiger partial charge in [0.1, 0.15) is 36.6 Å². The van der Waals surface area contributed by atoms with Gasteiger partial charge in [-0.1, -0.05) is 63.1 Å². The van der Waals surface area contributed by atoms with Crippen LogP contribution >= 0.6 is 78.4 Å². The molecule has 6 fully saturated rings. The maximum absolute atomic E-state index is 14.5. The summed E-state index contributed by atoms with van der Waals surface area (Å²) in [6, 6.07) is -2.00. The van der Waals surface area contributed by atoms with Gasteiger partial charge in [0.2, 0.25) is 35.8 Å². The van der Waals surface area contributed by atoms with Crippen LogP contribution in [-0.2, 0) is 76.1 Å². The van der Waals surface area contributed by atoms with Gasteiger partial charge < -0.3 is 96.7 Å². The van der Waals surface area contributed by atoms with Gasteiger partial charge >= 0.3 is 18.2 Å². The number of amides is 4. The van der Waals surface area contributed by atoms with Gasteiger partial charge in [-0.15, -0.1) is 0 Å². The molecule has 9 rings (SSSR count). The predicted molar refractivity (Wildman–Crippen MR) is 391 cm³/mol. The van der Waals surface area contributed by atoms with E-state index in [1.54, 1.807) is 33.8 Å². The van der Waals surface area contributed by atoms with E-state index in [1.807, 2.05) is 28.8 Å². The topological polar surface area (TPSA) is 390 Å². The summed E-state index contributed by atoms with van der Waals surface area (Å²) in [6.45, 7) is 5.63. The van der Waals surface area contributed by atoms with Crippen LogP contribution in [0.2, 0.25) is 0 Å². The van der Waals surface area contributed by atoms with Gasteiger partial charge in [0.25, 0.3) is 0 Å². The van der Waals surface area contributed by atoms with Crippen LogP contribution in [0.1, 0.15) is 88.1 Å². The Hall–Kier alpha value is -4.67. The number of Topliss-reactive ketones (excluding diaryl/α,β-unsaturated/α-hetero) is 1. The molecule has 1 aromatic carbocycles. The van der Waals surface area contributed by atoms with Gasteiger partial charge in [-0.05, 0) is 116 Å². The van der Waals surface area contributed by atoms with Crippen LogP contribution in [0.3, 0.4) is 0 Å². The Labute approximate surface area is 642 Å². The van der Waals surface area contributed by atoms with Crippen molar-refractivity contribution in [3.05, 3.63) is 49.8 Å². The number of alkyl carbamates (subject to hydrolysis) is 1. The van der Waals surface area contributed by atoms with Crippen LogP contribution in [0.25, 0.3) is 0 Å². The Morgan fingerprint density at radius 1 is 0.867 bits per heavy atom. The number of methoxy groups -OCH3 is 5. The number of esters is 1. The number of ether oxygens (including phenoxy) is 14. The molecule has 5 saturated heterocycles. The first kappa shape index (κ1) is 84.4. The Morgan fingerprint density at radius 2 is 1.60 bits per heavy atom. The molecule has 4 amide bonds. The number of hydrogen-bond acceptors (Lipinski definition) is 33. The second kappa shape index (κ2) is 38.8. The molecule has 2 unspecified atom stereocenters. The zero-order chi connectivity index (χ0) is 76.1. The third-order valence-electron chi connectivity index (χ3n) is 19.1. The molecule has 0 radical (unpaired) electrons. The fourth-order valence-electron chi connectivity index (χ4n) is 13.6. The van der Waals surface area contributed by atoms with Crippen LogP contribution < -0.4 is 25.0 Å². The fourth-order valence-corrected chi connectivity index (χ4v) is 18.1. The summed E-state index contributed by atoms with van der Waals surface area (Å²) in [5.41, 5.74) is 0.850.